The topological polar surface area (TPSA) is 92.6 Å². The number of aliphatic hydroxyl groups is 1. The molecule has 0 rings (SSSR count). The molecule has 0 aliphatic heterocycles. The second kappa shape index (κ2) is 5.90. The number of primary amides is 1. The zero-order chi connectivity index (χ0) is 10.4. The molecular formula is C8H19N3O2. The summed E-state index contributed by atoms with van der Waals surface area (Å²) in [7, 11) is 1.84. The van der Waals surface area contributed by atoms with Crippen LogP contribution in [0.1, 0.15) is 13.3 Å². The van der Waals surface area contributed by atoms with Crippen molar-refractivity contribution in [2.75, 3.05) is 20.1 Å². The molecule has 0 aromatic heterocycles. The first-order valence-corrected chi connectivity index (χ1v) is 4.35. The first kappa shape index (κ1) is 12.3. The van der Waals surface area contributed by atoms with Crippen molar-refractivity contribution < 1.29 is 9.90 Å². The summed E-state index contributed by atoms with van der Waals surface area (Å²) >= 11 is 0. The summed E-state index contributed by atoms with van der Waals surface area (Å²) in [6.07, 6.45) is 0.342. The first-order chi connectivity index (χ1) is 5.93. The highest BCUT2D eigenvalue weighted by Crippen LogP contribution is 1.93. The van der Waals surface area contributed by atoms with Gasteiger partial charge in [-0.25, -0.2) is 0 Å². The Morgan fingerprint density at radius 2 is 2.15 bits per heavy atom. The van der Waals surface area contributed by atoms with Gasteiger partial charge in [-0.1, -0.05) is 0 Å². The molecule has 78 valence electrons. The lowest BCUT2D eigenvalue weighted by Crippen LogP contribution is -2.45. The first-order valence-electron chi connectivity index (χ1n) is 4.35. The number of carbonyl (C=O) groups excluding carboxylic acids is 1. The van der Waals surface area contributed by atoms with Crippen molar-refractivity contribution in [3.05, 3.63) is 0 Å². The molecule has 0 saturated carbocycles. The largest absolute Gasteiger partial charge is 0.393 e. The van der Waals surface area contributed by atoms with E-state index in [2.05, 4.69) is 0 Å². The number of nitrogens with two attached hydrogens (primary N) is 2. The number of likely N-dealkylation sites (N-methyl/N-ethyl adjacent to an activating group) is 1. The van der Waals surface area contributed by atoms with E-state index in [9.17, 15) is 4.79 Å². The maximum Gasteiger partial charge on any atom is 0.235 e. The van der Waals surface area contributed by atoms with E-state index in [1.54, 1.807) is 6.92 Å². The second-order valence-corrected chi connectivity index (χ2v) is 3.41. The van der Waals surface area contributed by atoms with Crippen LogP contribution in [0.5, 0.6) is 0 Å². The SMILES string of the molecule is CC(O)CCN(C)CC(N)C(N)=O. The molecule has 0 bridgehead atoms. The van der Waals surface area contributed by atoms with E-state index in [4.69, 9.17) is 16.6 Å². The fraction of sp³-hybridized carbons (Fsp3) is 0.875. The highest BCUT2D eigenvalue weighted by Gasteiger charge is 2.11. The zero-order valence-electron chi connectivity index (χ0n) is 8.23. The second-order valence-electron chi connectivity index (χ2n) is 3.41. The maximum absolute atomic E-state index is 10.6. The molecule has 5 heteroatoms. The summed E-state index contributed by atoms with van der Waals surface area (Å²) in [6.45, 7) is 2.86. The predicted octanol–water partition coefficient (Wildman–Crippen LogP) is -1.50. The molecule has 13 heavy (non-hydrogen) atoms. The van der Waals surface area contributed by atoms with E-state index in [-0.39, 0.29) is 6.10 Å². The quantitative estimate of drug-likeness (QED) is 0.474. The Bertz CT molecular complexity index is 161. The highest BCUT2D eigenvalue weighted by molar-refractivity contribution is 5.79. The van der Waals surface area contributed by atoms with E-state index in [1.165, 1.54) is 0 Å². The average molecular weight is 189 g/mol. The normalized spacial score (nSPS) is 15.8. The number of amides is 1. The van der Waals surface area contributed by atoms with Crippen LogP contribution in [0.25, 0.3) is 0 Å². The van der Waals surface area contributed by atoms with Crippen molar-refractivity contribution >= 4 is 5.91 Å². The monoisotopic (exact) mass is 189 g/mol. The smallest absolute Gasteiger partial charge is 0.235 e. The van der Waals surface area contributed by atoms with Gasteiger partial charge in [-0.2, -0.15) is 0 Å². The van der Waals surface area contributed by atoms with Crippen LogP contribution in [0.3, 0.4) is 0 Å². The van der Waals surface area contributed by atoms with E-state index < -0.39 is 11.9 Å². The molecule has 0 aromatic carbocycles. The van der Waals surface area contributed by atoms with Gasteiger partial charge in [0.05, 0.1) is 12.1 Å². The summed E-state index contributed by atoms with van der Waals surface area (Å²) in [4.78, 5) is 12.5. The van der Waals surface area contributed by atoms with Crippen molar-refractivity contribution in [3.8, 4) is 0 Å². The van der Waals surface area contributed by atoms with Crippen molar-refractivity contribution in [2.45, 2.75) is 25.5 Å². The van der Waals surface area contributed by atoms with E-state index >= 15 is 0 Å². The molecule has 0 aromatic rings. The number of hydrogen-bond donors (Lipinski definition) is 3. The van der Waals surface area contributed by atoms with Crippen molar-refractivity contribution in [2.24, 2.45) is 11.5 Å². The fourth-order valence-electron chi connectivity index (χ4n) is 0.924. The van der Waals surface area contributed by atoms with Gasteiger partial charge in [-0.3, -0.25) is 4.79 Å². The summed E-state index contributed by atoms with van der Waals surface area (Å²) in [5.74, 6) is -0.496. The third kappa shape index (κ3) is 6.51. The van der Waals surface area contributed by atoms with Gasteiger partial charge in [0, 0.05) is 13.1 Å². The molecule has 0 spiro atoms. The van der Waals surface area contributed by atoms with Gasteiger partial charge in [-0.15, -0.1) is 0 Å². The van der Waals surface area contributed by atoms with Crippen molar-refractivity contribution in [1.82, 2.24) is 4.90 Å². The number of rotatable bonds is 6. The Morgan fingerprint density at radius 1 is 1.62 bits per heavy atom. The maximum atomic E-state index is 10.6. The molecular weight excluding hydrogens is 170 g/mol. The van der Waals surface area contributed by atoms with Crippen molar-refractivity contribution in [1.29, 1.82) is 0 Å². The van der Waals surface area contributed by atoms with Crippen LogP contribution >= 0.6 is 0 Å². The van der Waals surface area contributed by atoms with Crippen LogP contribution in [0.4, 0.5) is 0 Å². The summed E-state index contributed by atoms with van der Waals surface area (Å²) < 4.78 is 0. The van der Waals surface area contributed by atoms with Gasteiger partial charge in [0.25, 0.3) is 0 Å². The standard InChI is InChI=1S/C8H19N3O2/c1-6(12)3-4-11(2)5-7(9)8(10)13/h6-7,12H,3-5,9H2,1-2H3,(H2,10,13). The fourth-order valence-corrected chi connectivity index (χ4v) is 0.924. The van der Waals surface area contributed by atoms with Gasteiger partial charge in [-0.05, 0) is 20.4 Å². The minimum atomic E-state index is -0.626. The lowest BCUT2D eigenvalue weighted by Gasteiger charge is -2.19. The van der Waals surface area contributed by atoms with Crippen molar-refractivity contribution in [3.63, 3.8) is 0 Å². The van der Waals surface area contributed by atoms with Crippen LogP contribution < -0.4 is 11.5 Å². The molecule has 0 aliphatic rings. The third-order valence-corrected chi connectivity index (χ3v) is 1.80. The Kier molecular flexibility index (Phi) is 5.61. The minimum Gasteiger partial charge on any atom is -0.393 e. The van der Waals surface area contributed by atoms with Gasteiger partial charge in [0.15, 0.2) is 0 Å². The summed E-state index contributed by atoms with van der Waals surface area (Å²) in [6, 6.07) is -0.626. The molecule has 2 atom stereocenters. The minimum absolute atomic E-state index is 0.327. The molecule has 0 radical (unpaired) electrons. The highest BCUT2D eigenvalue weighted by atomic mass is 16.3. The number of hydrogen-bond acceptors (Lipinski definition) is 4. The zero-order valence-corrected chi connectivity index (χ0v) is 8.23. The Labute approximate surface area is 78.7 Å². The number of nitrogens with zero attached hydrogens (tertiary/aromatic N) is 1. The molecule has 2 unspecified atom stereocenters. The lowest BCUT2D eigenvalue weighted by molar-refractivity contribution is -0.119. The van der Waals surface area contributed by atoms with Gasteiger partial charge in [0.2, 0.25) is 5.91 Å². The Morgan fingerprint density at radius 3 is 2.54 bits per heavy atom. The molecule has 1 amide bonds. The molecule has 0 aliphatic carbocycles. The van der Waals surface area contributed by atoms with Crippen LogP contribution in [0.15, 0.2) is 0 Å². The van der Waals surface area contributed by atoms with E-state index in [0.29, 0.717) is 19.5 Å². The number of aliphatic hydroxyl groups excluding tert-OH is 1. The molecule has 0 heterocycles. The Hall–Kier alpha value is -0.650. The van der Waals surface area contributed by atoms with Crippen LogP contribution in [-0.4, -0.2) is 48.2 Å². The molecule has 0 fully saturated rings. The van der Waals surface area contributed by atoms with Crippen LogP contribution in [-0.2, 0) is 4.79 Å². The van der Waals surface area contributed by atoms with Gasteiger partial charge in [0.1, 0.15) is 0 Å². The predicted molar refractivity (Wildman–Crippen MR) is 51.0 cm³/mol. The number of carbonyl (C=O) groups is 1. The van der Waals surface area contributed by atoms with Crippen LogP contribution in [0.2, 0.25) is 0 Å². The summed E-state index contributed by atoms with van der Waals surface area (Å²) in [5.41, 5.74) is 10.4. The molecule has 0 saturated heterocycles. The summed E-state index contributed by atoms with van der Waals surface area (Å²) in [5, 5.41) is 9.00. The molecule has 5 N–H and O–H groups in total. The Balaban J connectivity index is 3.61. The van der Waals surface area contributed by atoms with E-state index in [1.807, 2.05) is 11.9 Å². The average Bonchev–Trinajstić information content (AvgIpc) is 2.00. The van der Waals surface area contributed by atoms with E-state index in [0.717, 1.165) is 0 Å². The van der Waals surface area contributed by atoms with Crippen LogP contribution in [0, 0.1) is 0 Å². The van der Waals surface area contributed by atoms with Gasteiger partial charge < -0.3 is 21.5 Å². The molecule has 5 nitrogen and oxygen atoms in total. The van der Waals surface area contributed by atoms with Gasteiger partial charge >= 0.3 is 0 Å². The third-order valence-electron chi connectivity index (χ3n) is 1.80. The lowest BCUT2D eigenvalue weighted by atomic mass is 10.2.